The van der Waals surface area contributed by atoms with Crippen LogP contribution in [0.2, 0.25) is 5.02 Å². The SMILES string of the molecule is CCC(C)C(C(=O)O)c1c(C)n(C(=O)c2ccc(Cl)cc2)c2ccc(O)c(F)c12. The molecule has 2 atom stereocenters. The Labute approximate surface area is 172 Å². The van der Waals surface area contributed by atoms with Crippen molar-refractivity contribution in [2.24, 2.45) is 5.92 Å². The van der Waals surface area contributed by atoms with Gasteiger partial charge in [0.15, 0.2) is 11.6 Å². The molecule has 1 aromatic heterocycles. The Balaban J connectivity index is 2.37. The lowest BCUT2D eigenvalue weighted by molar-refractivity contribution is -0.140. The fourth-order valence-electron chi connectivity index (χ4n) is 3.73. The zero-order valence-electron chi connectivity index (χ0n) is 16.2. The molecule has 5 nitrogen and oxygen atoms in total. The van der Waals surface area contributed by atoms with E-state index in [1.54, 1.807) is 38.1 Å². The van der Waals surface area contributed by atoms with Crippen LogP contribution in [0, 0.1) is 18.7 Å². The van der Waals surface area contributed by atoms with Crippen LogP contribution >= 0.6 is 11.6 Å². The van der Waals surface area contributed by atoms with Crippen molar-refractivity contribution in [1.82, 2.24) is 4.57 Å². The third-order valence-electron chi connectivity index (χ3n) is 5.42. The minimum Gasteiger partial charge on any atom is -0.505 e. The van der Waals surface area contributed by atoms with Gasteiger partial charge < -0.3 is 10.2 Å². The van der Waals surface area contributed by atoms with E-state index < -0.39 is 29.4 Å². The first-order valence-electron chi connectivity index (χ1n) is 9.24. The molecule has 0 spiro atoms. The van der Waals surface area contributed by atoms with Crippen LogP contribution in [0.5, 0.6) is 5.75 Å². The lowest BCUT2D eigenvalue weighted by atomic mass is 9.84. The van der Waals surface area contributed by atoms with Crippen molar-refractivity contribution in [3.05, 3.63) is 64.1 Å². The summed E-state index contributed by atoms with van der Waals surface area (Å²) in [5, 5.41) is 20.2. The van der Waals surface area contributed by atoms with Crippen LogP contribution in [-0.2, 0) is 4.79 Å². The Hall–Kier alpha value is -2.86. The number of phenolic OH excluding ortho intramolecular Hbond substituents is 1. The van der Waals surface area contributed by atoms with E-state index in [4.69, 9.17) is 11.6 Å². The quantitative estimate of drug-likeness (QED) is 0.586. The zero-order valence-corrected chi connectivity index (χ0v) is 17.0. The van der Waals surface area contributed by atoms with Crippen molar-refractivity contribution in [1.29, 1.82) is 0 Å². The first kappa shape index (κ1) is 20.9. The predicted molar refractivity (Wildman–Crippen MR) is 109 cm³/mol. The normalized spacial score (nSPS) is 13.4. The molecule has 3 rings (SSSR count). The second-order valence-electron chi connectivity index (χ2n) is 7.14. The average Bonchev–Trinajstić information content (AvgIpc) is 2.97. The third-order valence-corrected chi connectivity index (χ3v) is 5.67. The second-order valence-corrected chi connectivity index (χ2v) is 7.58. The molecule has 3 aromatic rings. The van der Waals surface area contributed by atoms with E-state index in [1.165, 1.54) is 10.6 Å². The summed E-state index contributed by atoms with van der Waals surface area (Å²) < 4.78 is 16.3. The fourth-order valence-corrected chi connectivity index (χ4v) is 3.86. The van der Waals surface area contributed by atoms with E-state index in [9.17, 15) is 24.2 Å². The van der Waals surface area contributed by atoms with Gasteiger partial charge >= 0.3 is 5.97 Å². The highest BCUT2D eigenvalue weighted by Crippen LogP contribution is 2.40. The number of phenols is 1. The number of rotatable bonds is 5. The van der Waals surface area contributed by atoms with E-state index >= 15 is 0 Å². The summed E-state index contributed by atoms with van der Waals surface area (Å²) in [6.45, 7) is 5.21. The van der Waals surface area contributed by atoms with E-state index in [1.807, 2.05) is 6.92 Å². The number of carbonyl (C=O) groups is 2. The molecular formula is C22H21ClFNO4. The van der Waals surface area contributed by atoms with E-state index in [0.29, 0.717) is 22.7 Å². The summed E-state index contributed by atoms with van der Waals surface area (Å²) in [5.41, 5.74) is 1.07. The van der Waals surface area contributed by atoms with Gasteiger partial charge in [0.2, 0.25) is 0 Å². The summed E-state index contributed by atoms with van der Waals surface area (Å²) in [4.78, 5) is 25.3. The molecule has 0 saturated heterocycles. The highest BCUT2D eigenvalue weighted by molar-refractivity contribution is 6.30. The molecule has 1 heterocycles. The number of benzene rings is 2. The number of fused-ring (bicyclic) bond motifs is 1. The summed E-state index contributed by atoms with van der Waals surface area (Å²) >= 11 is 5.90. The number of aliphatic carboxylic acids is 1. The van der Waals surface area contributed by atoms with Crippen molar-refractivity contribution in [3.63, 3.8) is 0 Å². The fraction of sp³-hybridized carbons (Fsp3) is 0.273. The Morgan fingerprint density at radius 2 is 1.79 bits per heavy atom. The van der Waals surface area contributed by atoms with E-state index in [0.717, 1.165) is 6.07 Å². The Morgan fingerprint density at radius 1 is 1.17 bits per heavy atom. The van der Waals surface area contributed by atoms with Crippen molar-refractivity contribution in [2.75, 3.05) is 0 Å². The minimum atomic E-state index is -1.11. The van der Waals surface area contributed by atoms with E-state index in [2.05, 4.69) is 0 Å². The molecule has 152 valence electrons. The van der Waals surface area contributed by atoms with Crippen LogP contribution in [0.15, 0.2) is 36.4 Å². The Morgan fingerprint density at radius 3 is 2.34 bits per heavy atom. The number of carbonyl (C=O) groups excluding carboxylic acids is 1. The van der Waals surface area contributed by atoms with Crippen molar-refractivity contribution in [3.8, 4) is 5.75 Å². The van der Waals surface area contributed by atoms with Gasteiger partial charge in [-0.25, -0.2) is 4.39 Å². The summed E-state index contributed by atoms with van der Waals surface area (Å²) in [5.74, 6) is -4.41. The maximum atomic E-state index is 15.0. The molecule has 2 unspecified atom stereocenters. The summed E-state index contributed by atoms with van der Waals surface area (Å²) in [6, 6.07) is 8.83. The zero-order chi connectivity index (χ0) is 21.5. The van der Waals surface area contributed by atoms with Crippen LogP contribution < -0.4 is 0 Å². The number of carboxylic acid groups (broad SMARTS) is 1. The molecule has 2 aromatic carbocycles. The number of aromatic hydroxyl groups is 1. The highest BCUT2D eigenvalue weighted by Gasteiger charge is 2.34. The maximum Gasteiger partial charge on any atom is 0.311 e. The van der Waals surface area contributed by atoms with Gasteiger partial charge in [-0.1, -0.05) is 31.9 Å². The van der Waals surface area contributed by atoms with Gasteiger partial charge in [-0.3, -0.25) is 14.2 Å². The van der Waals surface area contributed by atoms with Gasteiger partial charge in [0.25, 0.3) is 5.91 Å². The van der Waals surface area contributed by atoms with Gasteiger partial charge in [-0.05, 0) is 54.8 Å². The smallest absolute Gasteiger partial charge is 0.311 e. The first-order valence-corrected chi connectivity index (χ1v) is 9.62. The van der Waals surface area contributed by atoms with Crippen LogP contribution in [0.25, 0.3) is 10.9 Å². The standard InChI is InChI=1S/C22H21ClFNO4/c1-4-11(2)17(22(28)29)18-12(3)25(15-9-10-16(26)20(24)19(15)18)21(27)13-5-7-14(23)8-6-13/h5-11,17,26H,4H2,1-3H3,(H,28,29). The molecule has 2 N–H and O–H groups in total. The van der Waals surface area contributed by atoms with Crippen molar-refractivity contribution >= 4 is 34.4 Å². The van der Waals surface area contributed by atoms with Gasteiger partial charge in [0.05, 0.1) is 11.4 Å². The molecule has 7 heteroatoms. The minimum absolute atomic E-state index is 0.0440. The number of nitrogens with zero attached hydrogens (tertiary/aromatic N) is 1. The molecular weight excluding hydrogens is 397 g/mol. The summed E-state index contributed by atoms with van der Waals surface area (Å²) in [7, 11) is 0. The van der Waals surface area contributed by atoms with Gasteiger partial charge in [0, 0.05) is 21.7 Å². The van der Waals surface area contributed by atoms with Gasteiger partial charge in [-0.2, -0.15) is 0 Å². The topological polar surface area (TPSA) is 79.5 Å². The largest absolute Gasteiger partial charge is 0.505 e. The average molecular weight is 418 g/mol. The van der Waals surface area contributed by atoms with Crippen LogP contribution in [0.3, 0.4) is 0 Å². The molecule has 0 amide bonds. The molecule has 0 saturated carbocycles. The summed E-state index contributed by atoms with van der Waals surface area (Å²) in [6.07, 6.45) is 0.550. The monoisotopic (exact) mass is 417 g/mol. The molecule has 0 radical (unpaired) electrons. The lowest BCUT2D eigenvalue weighted by Gasteiger charge is -2.20. The molecule has 0 aliphatic heterocycles. The predicted octanol–water partition coefficient (Wildman–Crippen LogP) is 5.35. The van der Waals surface area contributed by atoms with Crippen LogP contribution in [0.4, 0.5) is 4.39 Å². The molecule has 0 fully saturated rings. The van der Waals surface area contributed by atoms with Crippen molar-refractivity contribution in [2.45, 2.75) is 33.1 Å². The number of hydrogen-bond donors (Lipinski definition) is 2. The maximum absolute atomic E-state index is 15.0. The Kier molecular flexibility index (Phi) is 5.66. The van der Waals surface area contributed by atoms with E-state index in [-0.39, 0.29) is 22.4 Å². The lowest BCUT2D eigenvalue weighted by Crippen LogP contribution is -2.21. The number of aromatic nitrogens is 1. The van der Waals surface area contributed by atoms with Crippen molar-refractivity contribution < 1.29 is 24.2 Å². The second kappa shape index (κ2) is 7.87. The molecule has 0 aliphatic rings. The number of hydrogen-bond acceptors (Lipinski definition) is 3. The Bertz CT molecular complexity index is 1100. The molecule has 29 heavy (non-hydrogen) atoms. The molecule has 0 aliphatic carbocycles. The molecule has 0 bridgehead atoms. The van der Waals surface area contributed by atoms with Crippen LogP contribution in [0.1, 0.15) is 47.8 Å². The van der Waals surface area contributed by atoms with Crippen LogP contribution in [-0.4, -0.2) is 26.7 Å². The highest BCUT2D eigenvalue weighted by atomic mass is 35.5. The number of carboxylic acids is 1. The van der Waals surface area contributed by atoms with Gasteiger partial charge in [0.1, 0.15) is 0 Å². The first-order chi connectivity index (χ1) is 13.7. The third kappa shape index (κ3) is 3.49. The number of halogens is 2. The van der Waals surface area contributed by atoms with Gasteiger partial charge in [-0.15, -0.1) is 0 Å².